The van der Waals surface area contributed by atoms with E-state index in [0.717, 1.165) is 11.3 Å². The molecule has 0 bridgehead atoms. The largest absolute Gasteiger partial charge is 0.491 e. The van der Waals surface area contributed by atoms with Crippen molar-refractivity contribution in [2.45, 2.75) is 39.0 Å². The van der Waals surface area contributed by atoms with E-state index in [4.69, 9.17) is 4.74 Å². The summed E-state index contributed by atoms with van der Waals surface area (Å²) in [5, 5.41) is 19.3. The average molecular weight is 372 g/mol. The van der Waals surface area contributed by atoms with Gasteiger partial charge in [0, 0.05) is 19.2 Å². The highest BCUT2D eigenvalue weighted by molar-refractivity contribution is 5.98. The van der Waals surface area contributed by atoms with E-state index in [9.17, 15) is 14.7 Å². The fourth-order valence-corrected chi connectivity index (χ4v) is 2.83. The van der Waals surface area contributed by atoms with E-state index < -0.39 is 6.10 Å². The summed E-state index contributed by atoms with van der Waals surface area (Å²) in [5.41, 5.74) is 1.52. The van der Waals surface area contributed by atoms with Crippen LogP contribution in [-0.4, -0.2) is 52.0 Å². The van der Waals surface area contributed by atoms with E-state index in [2.05, 4.69) is 15.7 Å². The number of carbonyl (C=O) groups excluding carboxylic acids is 2. The normalized spacial score (nSPS) is 16.4. The van der Waals surface area contributed by atoms with Gasteiger partial charge in [0.25, 0.3) is 11.8 Å². The van der Waals surface area contributed by atoms with Crippen LogP contribution in [0.25, 0.3) is 0 Å². The summed E-state index contributed by atoms with van der Waals surface area (Å²) < 4.78 is 6.97. The molecular formula is C19H24N4O4. The molecule has 3 N–H and O–H groups in total. The van der Waals surface area contributed by atoms with Gasteiger partial charge in [0.1, 0.15) is 11.4 Å². The minimum absolute atomic E-state index is 0.128. The molecule has 0 spiro atoms. The van der Waals surface area contributed by atoms with Crippen molar-refractivity contribution in [2.75, 3.05) is 13.1 Å². The first-order valence-electron chi connectivity index (χ1n) is 9.00. The fraction of sp³-hybridized carbons (Fsp3) is 0.421. The maximum Gasteiger partial charge on any atom is 0.271 e. The number of hydrogen-bond acceptors (Lipinski definition) is 5. The molecule has 1 atom stereocenters. The summed E-state index contributed by atoms with van der Waals surface area (Å²) in [5.74, 6) is 0.122. The summed E-state index contributed by atoms with van der Waals surface area (Å²) in [6, 6.07) is 9.20. The van der Waals surface area contributed by atoms with Crippen LogP contribution in [0.5, 0.6) is 5.75 Å². The van der Waals surface area contributed by atoms with Crippen LogP contribution in [0.2, 0.25) is 0 Å². The summed E-state index contributed by atoms with van der Waals surface area (Å²) in [6.45, 7) is 4.74. The Morgan fingerprint density at radius 1 is 1.41 bits per heavy atom. The molecule has 1 aromatic heterocycles. The van der Waals surface area contributed by atoms with Crippen LogP contribution in [0.4, 0.5) is 0 Å². The van der Waals surface area contributed by atoms with Crippen LogP contribution in [0.3, 0.4) is 0 Å². The smallest absolute Gasteiger partial charge is 0.271 e. The minimum Gasteiger partial charge on any atom is -0.491 e. The monoisotopic (exact) mass is 372 g/mol. The first-order valence-corrected chi connectivity index (χ1v) is 9.00. The molecule has 1 aliphatic heterocycles. The van der Waals surface area contributed by atoms with Gasteiger partial charge in [-0.1, -0.05) is 12.1 Å². The third-order valence-corrected chi connectivity index (χ3v) is 4.12. The third-order valence-electron chi connectivity index (χ3n) is 4.12. The van der Waals surface area contributed by atoms with E-state index >= 15 is 0 Å². The van der Waals surface area contributed by atoms with Crippen LogP contribution in [-0.2, 0) is 13.0 Å². The molecule has 144 valence electrons. The Kier molecular flexibility index (Phi) is 5.75. The Morgan fingerprint density at radius 2 is 2.15 bits per heavy atom. The second kappa shape index (κ2) is 8.22. The van der Waals surface area contributed by atoms with Crippen molar-refractivity contribution < 1.29 is 19.4 Å². The summed E-state index contributed by atoms with van der Waals surface area (Å²) >= 11 is 0. The Bertz CT molecular complexity index is 814. The van der Waals surface area contributed by atoms with Crippen LogP contribution >= 0.6 is 0 Å². The molecule has 8 heteroatoms. The van der Waals surface area contributed by atoms with Gasteiger partial charge in [-0.3, -0.25) is 14.3 Å². The quantitative estimate of drug-likeness (QED) is 0.694. The second-order valence-corrected chi connectivity index (χ2v) is 6.78. The zero-order valence-electron chi connectivity index (χ0n) is 15.4. The Labute approximate surface area is 157 Å². The fourth-order valence-electron chi connectivity index (χ4n) is 2.83. The van der Waals surface area contributed by atoms with Gasteiger partial charge in [0.2, 0.25) is 0 Å². The molecule has 27 heavy (non-hydrogen) atoms. The number of β-amino-alcohol motifs (C(OH)–C–C–N with tert-alkyl or cyclic N) is 1. The molecule has 0 unspecified atom stereocenters. The van der Waals surface area contributed by atoms with Gasteiger partial charge in [0.15, 0.2) is 5.69 Å². The standard InChI is InChI=1S/C19H24N4O4/c1-12(2)27-15-5-3-13(4-6-15)7-8-20-18(25)16-9-17-19(26)21-10-14(24)11-23(17)22-16/h3-6,9,12,14,24H,7-8,10-11H2,1-2H3,(H,20,25)(H,21,26)/t14-/m0/s1. The van der Waals surface area contributed by atoms with E-state index in [0.29, 0.717) is 13.0 Å². The molecule has 0 saturated carbocycles. The number of hydrogen-bond donors (Lipinski definition) is 3. The first kappa shape index (κ1) is 18.9. The predicted octanol–water partition coefficient (Wildman–Crippen LogP) is 0.747. The number of amides is 2. The van der Waals surface area contributed by atoms with Crippen molar-refractivity contribution >= 4 is 11.8 Å². The van der Waals surface area contributed by atoms with Gasteiger partial charge in [0.05, 0.1) is 18.8 Å². The van der Waals surface area contributed by atoms with Crippen LogP contribution in [0, 0.1) is 0 Å². The first-order chi connectivity index (χ1) is 12.9. The van der Waals surface area contributed by atoms with Crippen molar-refractivity contribution in [1.29, 1.82) is 0 Å². The van der Waals surface area contributed by atoms with Gasteiger partial charge in [-0.15, -0.1) is 0 Å². The highest BCUT2D eigenvalue weighted by Gasteiger charge is 2.24. The number of nitrogens with one attached hydrogen (secondary N) is 2. The number of nitrogens with zero attached hydrogens (tertiary/aromatic N) is 2. The van der Waals surface area contributed by atoms with Crippen molar-refractivity contribution in [1.82, 2.24) is 20.4 Å². The molecular weight excluding hydrogens is 348 g/mol. The van der Waals surface area contributed by atoms with Crippen LogP contribution in [0.15, 0.2) is 30.3 Å². The van der Waals surface area contributed by atoms with Crippen molar-refractivity contribution in [3.05, 3.63) is 47.3 Å². The van der Waals surface area contributed by atoms with Crippen molar-refractivity contribution in [3.63, 3.8) is 0 Å². The summed E-state index contributed by atoms with van der Waals surface area (Å²) in [7, 11) is 0. The maximum absolute atomic E-state index is 12.3. The lowest BCUT2D eigenvalue weighted by atomic mass is 10.1. The molecule has 0 saturated heterocycles. The molecule has 0 aliphatic carbocycles. The topological polar surface area (TPSA) is 105 Å². The minimum atomic E-state index is -0.728. The predicted molar refractivity (Wildman–Crippen MR) is 98.8 cm³/mol. The lowest BCUT2D eigenvalue weighted by Crippen LogP contribution is -2.30. The zero-order chi connectivity index (χ0) is 19.4. The summed E-state index contributed by atoms with van der Waals surface area (Å²) in [4.78, 5) is 24.3. The highest BCUT2D eigenvalue weighted by atomic mass is 16.5. The number of aromatic nitrogens is 2. The number of aliphatic hydroxyl groups is 1. The SMILES string of the molecule is CC(C)Oc1ccc(CCNC(=O)c2cc3n(n2)C[C@@H](O)CNC3=O)cc1. The number of ether oxygens (including phenoxy) is 1. The maximum atomic E-state index is 12.3. The van der Waals surface area contributed by atoms with E-state index in [1.165, 1.54) is 10.7 Å². The molecule has 2 amide bonds. The third kappa shape index (κ3) is 4.85. The van der Waals surface area contributed by atoms with Gasteiger partial charge < -0.3 is 20.5 Å². The number of fused-ring (bicyclic) bond motifs is 1. The Balaban J connectivity index is 1.55. The summed E-state index contributed by atoms with van der Waals surface area (Å²) in [6.07, 6.45) is 0.0672. The highest BCUT2D eigenvalue weighted by Crippen LogP contribution is 2.14. The van der Waals surface area contributed by atoms with E-state index in [1.807, 2.05) is 38.1 Å². The molecule has 2 aromatic rings. The van der Waals surface area contributed by atoms with Gasteiger partial charge in [-0.25, -0.2) is 0 Å². The Hall–Kier alpha value is -2.87. The van der Waals surface area contributed by atoms with E-state index in [1.54, 1.807) is 0 Å². The van der Waals surface area contributed by atoms with Crippen molar-refractivity contribution in [3.8, 4) is 5.75 Å². The molecule has 3 rings (SSSR count). The lowest BCUT2D eigenvalue weighted by molar-refractivity contribution is 0.0931. The number of carbonyl (C=O) groups is 2. The second-order valence-electron chi connectivity index (χ2n) is 6.78. The van der Waals surface area contributed by atoms with Gasteiger partial charge >= 0.3 is 0 Å². The number of rotatable bonds is 6. The van der Waals surface area contributed by atoms with Crippen LogP contribution < -0.4 is 15.4 Å². The molecule has 8 nitrogen and oxygen atoms in total. The molecule has 1 aromatic carbocycles. The number of benzene rings is 1. The molecule has 2 heterocycles. The molecule has 1 aliphatic rings. The van der Waals surface area contributed by atoms with Crippen molar-refractivity contribution in [2.24, 2.45) is 0 Å². The van der Waals surface area contributed by atoms with E-state index in [-0.39, 0.29) is 42.4 Å². The number of aliphatic hydroxyl groups excluding tert-OH is 1. The van der Waals surface area contributed by atoms with Gasteiger partial charge in [-0.2, -0.15) is 5.10 Å². The molecule has 0 radical (unpaired) electrons. The Morgan fingerprint density at radius 3 is 2.85 bits per heavy atom. The van der Waals surface area contributed by atoms with Gasteiger partial charge in [-0.05, 0) is 38.0 Å². The lowest BCUT2D eigenvalue weighted by Gasteiger charge is -2.10. The van der Waals surface area contributed by atoms with Crippen LogP contribution in [0.1, 0.15) is 40.4 Å². The molecule has 0 fully saturated rings. The zero-order valence-corrected chi connectivity index (χ0v) is 15.4. The average Bonchev–Trinajstić information content (AvgIpc) is 2.99.